The molecule has 0 aliphatic rings. The van der Waals surface area contributed by atoms with Crippen LogP contribution in [0.15, 0.2) is 29.4 Å². The highest BCUT2D eigenvalue weighted by Gasteiger charge is 1.99. The lowest BCUT2D eigenvalue weighted by atomic mass is 10.2. The summed E-state index contributed by atoms with van der Waals surface area (Å²) >= 11 is 0. The SMILES string of the molecule is CC.CC(C)Nc1ccccc1N=N. The van der Waals surface area contributed by atoms with Crippen LogP contribution in [0.4, 0.5) is 11.4 Å². The fraction of sp³-hybridized carbons (Fsp3) is 0.455. The van der Waals surface area contributed by atoms with Gasteiger partial charge in [-0.3, -0.25) is 0 Å². The molecule has 3 nitrogen and oxygen atoms in total. The fourth-order valence-electron chi connectivity index (χ4n) is 1.00. The van der Waals surface area contributed by atoms with Crippen molar-refractivity contribution >= 4 is 11.4 Å². The molecule has 0 atom stereocenters. The summed E-state index contributed by atoms with van der Waals surface area (Å²) < 4.78 is 0. The van der Waals surface area contributed by atoms with E-state index in [4.69, 9.17) is 5.53 Å². The first kappa shape index (κ1) is 12.6. The maximum absolute atomic E-state index is 6.91. The van der Waals surface area contributed by atoms with Crippen molar-refractivity contribution in [2.45, 2.75) is 33.7 Å². The number of nitrogens with one attached hydrogen (secondary N) is 2. The molecule has 1 aromatic rings. The molecule has 0 heterocycles. The molecule has 2 N–H and O–H groups in total. The van der Waals surface area contributed by atoms with Crippen LogP contribution in [0.3, 0.4) is 0 Å². The highest BCUT2D eigenvalue weighted by Crippen LogP contribution is 2.24. The van der Waals surface area contributed by atoms with Crippen LogP contribution in [0.25, 0.3) is 0 Å². The Kier molecular flexibility index (Phi) is 6.37. The quantitative estimate of drug-likeness (QED) is 0.694. The number of para-hydroxylation sites is 2. The minimum Gasteiger partial charge on any atom is -0.381 e. The standard InChI is InChI=1S/C9H13N3.C2H6/c1-7(2)11-8-5-3-4-6-9(8)12-10;1-2/h3-7,10-11H,1-2H3;1-2H3. The molecular formula is C11H19N3. The summed E-state index contributed by atoms with van der Waals surface area (Å²) in [4.78, 5) is 0. The average molecular weight is 193 g/mol. The molecule has 0 radical (unpaired) electrons. The lowest BCUT2D eigenvalue weighted by molar-refractivity contribution is 0.898. The Bertz CT molecular complexity index is 269. The third-order valence-corrected chi connectivity index (χ3v) is 1.47. The van der Waals surface area contributed by atoms with Gasteiger partial charge in [-0.2, -0.15) is 5.11 Å². The molecule has 0 saturated heterocycles. The van der Waals surface area contributed by atoms with Gasteiger partial charge in [0.05, 0.1) is 5.69 Å². The van der Waals surface area contributed by atoms with Crippen LogP contribution in [-0.2, 0) is 0 Å². The van der Waals surface area contributed by atoms with Crippen molar-refractivity contribution in [1.29, 1.82) is 5.53 Å². The van der Waals surface area contributed by atoms with E-state index in [9.17, 15) is 0 Å². The molecular weight excluding hydrogens is 174 g/mol. The van der Waals surface area contributed by atoms with E-state index < -0.39 is 0 Å². The smallest absolute Gasteiger partial charge is 0.108 e. The Labute approximate surface area is 86.0 Å². The maximum Gasteiger partial charge on any atom is 0.108 e. The van der Waals surface area contributed by atoms with Gasteiger partial charge < -0.3 is 5.32 Å². The first-order valence-electron chi connectivity index (χ1n) is 4.97. The van der Waals surface area contributed by atoms with Crippen molar-refractivity contribution in [3.63, 3.8) is 0 Å². The van der Waals surface area contributed by atoms with Crippen LogP contribution in [0, 0.1) is 5.53 Å². The van der Waals surface area contributed by atoms with Gasteiger partial charge in [-0.1, -0.05) is 26.0 Å². The van der Waals surface area contributed by atoms with E-state index in [2.05, 4.69) is 24.3 Å². The normalized spacial score (nSPS) is 8.93. The molecule has 0 bridgehead atoms. The highest BCUT2D eigenvalue weighted by atomic mass is 15.0. The molecule has 0 amide bonds. The van der Waals surface area contributed by atoms with E-state index >= 15 is 0 Å². The van der Waals surface area contributed by atoms with Crippen LogP contribution in [0.5, 0.6) is 0 Å². The largest absolute Gasteiger partial charge is 0.381 e. The van der Waals surface area contributed by atoms with Gasteiger partial charge in [-0.25, -0.2) is 5.53 Å². The lowest BCUT2D eigenvalue weighted by Gasteiger charge is -2.10. The van der Waals surface area contributed by atoms with Crippen molar-refractivity contribution in [1.82, 2.24) is 0 Å². The molecule has 0 fully saturated rings. The zero-order valence-electron chi connectivity index (χ0n) is 9.33. The summed E-state index contributed by atoms with van der Waals surface area (Å²) in [7, 11) is 0. The molecule has 0 spiro atoms. The average Bonchev–Trinajstić information content (AvgIpc) is 2.21. The van der Waals surface area contributed by atoms with E-state index in [0.717, 1.165) is 5.69 Å². The Morgan fingerprint density at radius 1 is 1.21 bits per heavy atom. The Hall–Kier alpha value is -1.38. The van der Waals surface area contributed by atoms with E-state index in [-0.39, 0.29) is 0 Å². The maximum atomic E-state index is 6.91. The Balaban J connectivity index is 0.000000791. The van der Waals surface area contributed by atoms with Gasteiger partial charge in [-0.15, -0.1) is 0 Å². The van der Waals surface area contributed by atoms with E-state index in [0.29, 0.717) is 11.7 Å². The molecule has 1 rings (SSSR count). The van der Waals surface area contributed by atoms with E-state index in [1.54, 1.807) is 0 Å². The molecule has 78 valence electrons. The van der Waals surface area contributed by atoms with E-state index in [1.807, 2.05) is 38.1 Å². The molecule has 0 aliphatic heterocycles. The summed E-state index contributed by atoms with van der Waals surface area (Å²) in [6.45, 7) is 8.11. The van der Waals surface area contributed by atoms with E-state index in [1.165, 1.54) is 0 Å². The summed E-state index contributed by atoms with van der Waals surface area (Å²) in [5, 5.41) is 6.62. The summed E-state index contributed by atoms with van der Waals surface area (Å²) in [6, 6.07) is 7.91. The molecule has 0 saturated carbocycles. The Morgan fingerprint density at radius 2 is 1.79 bits per heavy atom. The number of hydrogen-bond acceptors (Lipinski definition) is 3. The second-order valence-corrected chi connectivity index (χ2v) is 2.93. The van der Waals surface area contributed by atoms with Crippen LogP contribution < -0.4 is 5.32 Å². The van der Waals surface area contributed by atoms with Crippen molar-refractivity contribution < 1.29 is 0 Å². The number of rotatable bonds is 3. The third kappa shape index (κ3) is 4.03. The minimum atomic E-state index is 0.368. The van der Waals surface area contributed by atoms with Crippen LogP contribution in [0.1, 0.15) is 27.7 Å². The van der Waals surface area contributed by atoms with Gasteiger partial charge in [-0.05, 0) is 26.0 Å². The van der Waals surface area contributed by atoms with Gasteiger partial charge >= 0.3 is 0 Å². The third-order valence-electron chi connectivity index (χ3n) is 1.47. The fourth-order valence-corrected chi connectivity index (χ4v) is 1.00. The second-order valence-electron chi connectivity index (χ2n) is 2.93. The summed E-state index contributed by atoms with van der Waals surface area (Å²) in [5.41, 5.74) is 8.52. The van der Waals surface area contributed by atoms with Crippen molar-refractivity contribution in [2.24, 2.45) is 5.11 Å². The van der Waals surface area contributed by atoms with Crippen LogP contribution >= 0.6 is 0 Å². The first-order chi connectivity index (χ1) is 6.74. The van der Waals surface area contributed by atoms with Gasteiger partial charge in [0.25, 0.3) is 0 Å². The predicted octanol–water partition coefficient (Wildman–Crippen LogP) is 4.20. The van der Waals surface area contributed by atoms with Crippen molar-refractivity contribution in [2.75, 3.05) is 5.32 Å². The number of benzene rings is 1. The second kappa shape index (κ2) is 7.06. The van der Waals surface area contributed by atoms with Crippen molar-refractivity contribution in [3.8, 4) is 0 Å². The first-order valence-corrected chi connectivity index (χ1v) is 4.97. The van der Waals surface area contributed by atoms with Gasteiger partial charge in [0.2, 0.25) is 0 Å². The van der Waals surface area contributed by atoms with Gasteiger partial charge in [0.1, 0.15) is 5.69 Å². The van der Waals surface area contributed by atoms with Gasteiger partial charge in [0, 0.05) is 6.04 Å². The molecule has 0 aromatic heterocycles. The van der Waals surface area contributed by atoms with Crippen LogP contribution in [0.2, 0.25) is 0 Å². The zero-order valence-corrected chi connectivity index (χ0v) is 9.33. The van der Waals surface area contributed by atoms with Crippen LogP contribution in [-0.4, -0.2) is 6.04 Å². The van der Waals surface area contributed by atoms with Crippen molar-refractivity contribution in [3.05, 3.63) is 24.3 Å². The van der Waals surface area contributed by atoms with Gasteiger partial charge in [0.15, 0.2) is 0 Å². The summed E-state index contributed by atoms with van der Waals surface area (Å²) in [5.74, 6) is 0. The number of hydrogen-bond donors (Lipinski definition) is 2. The molecule has 3 heteroatoms. The molecule has 0 aliphatic carbocycles. The number of nitrogens with zero attached hydrogens (tertiary/aromatic N) is 1. The highest BCUT2D eigenvalue weighted by molar-refractivity contribution is 5.64. The Morgan fingerprint density at radius 3 is 2.29 bits per heavy atom. The predicted molar refractivity (Wildman–Crippen MR) is 61.4 cm³/mol. The molecule has 14 heavy (non-hydrogen) atoms. The topological polar surface area (TPSA) is 48.2 Å². The molecule has 0 unspecified atom stereocenters. The number of anilines is 1. The minimum absolute atomic E-state index is 0.368. The molecule has 1 aromatic carbocycles. The zero-order chi connectivity index (χ0) is 11.0. The summed E-state index contributed by atoms with van der Waals surface area (Å²) in [6.07, 6.45) is 0. The monoisotopic (exact) mass is 193 g/mol. The lowest BCUT2D eigenvalue weighted by Crippen LogP contribution is -2.09.